The molecule has 18 heavy (non-hydrogen) atoms. The first-order valence-corrected chi connectivity index (χ1v) is 6.29. The number of benzene rings is 1. The number of aliphatic hydroxyl groups is 1. The third-order valence-electron chi connectivity index (χ3n) is 2.94. The highest BCUT2D eigenvalue weighted by molar-refractivity contribution is 6.31. The van der Waals surface area contributed by atoms with Crippen molar-refractivity contribution in [3.8, 4) is 0 Å². The monoisotopic (exact) mass is 261 g/mol. The molecule has 1 atom stereocenters. The van der Waals surface area contributed by atoms with Gasteiger partial charge in [0.25, 0.3) is 0 Å². The van der Waals surface area contributed by atoms with Crippen molar-refractivity contribution in [2.75, 3.05) is 0 Å². The topological polar surface area (TPSA) is 33.1 Å². The van der Waals surface area contributed by atoms with E-state index in [0.29, 0.717) is 6.42 Å². The van der Waals surface area contributed by atoms with Crippen LogP contribution < -0.4 is 0 Å². The summed E-state index contributed by atoms with van der Waals surface area (Å²) >= 11 is 5.97. The van der Waals surface area contributed by atoms with Gasteiger partial charge in [0.15, 0.2) is 0 Å². The first-order chi connectivity index (χ1) is 8.56. The zero-order chi connectivity index (χ0) is 13.1. The van der Waals surface area contributed by atoms with Crippen molar-refractivity contribution in [2.45, 2.75) is 26.4 Å². The van der Waals surface area contributed by atoms with Crippen molar-refractivity contribution in [3.63, 3.8) is 0 Å². The average Bonchev–Trinajstić information content (AvgIpc) is 2.35. The Hall–Kier alpha value is -1.38. The van der Waals surface area contributed by atoms with E-state index in [1.807, 2.05) is 50.4 Å². The fourth-order valence-corrected chi connectivity index (χ4v) is 1.93. The zero-order valence-electron chi connectivity index (χ0n) is 10.5. The van der Waals surface area contributed by atoms with Gasteiger partial charge < -0.3 is 5.11 Å². The minimum absolute atomic E-state index is 0.515. The van der Waals surface area contributed by atoms with Crippen LogP contribution in [0.15, 0.2) is 36.5 Å². The lowest BCUT2D eigenvalue weighted by Gasteiger charge is -2.12. The molecule has 0 saturated heterocycles. The van der Waals surface area contributed by atoms with E-state index in [4.69, 9.17) is 11.6 Å². The van der Waals surface area contributed by atoms with E-state index in [0.717, 1.165) is 27.4 Å². The Kier molecular flexibility index (Phi) is 4.00. The molecule has 0 aliphatic rings. The predicted octanol–water partition coefficient (Wildman–Crippen LogP) is 3.63. The quantitative estimate of drug-likeness (QED) is 0.915. The van der Waals surface area contributed by atoms with E-state index in [-0.39, 0.29) is 0 Å². The third kappa shape index (κ3) is 3.09. The molecule has 1 unspecified atom stereocenters. The Morgan fingerprint density at radius 1 is 1.22 bits per heavy atom. The molecule has 1 N–H and O–H groups in total. The van der Waals surface area contributed by atoms with Gasteiger partial charge >= 0.3 is 0 Å². The second-order valence-electron chi connectivity index (χ2n) is 4.56. The summed E-state index contributed by atoms with van der Waals surface area (Å²) in [5.41, 5.74) is 3.86. The van der Waals surface area contributed by atoms with Gasteiger partial charge in [-0.05, 0) is 42.7 Å². The number of aliphatic hydroxyl groups excluding tert-OH is 1. The molecule has 0 saturated carbocycles. The first kappa shape index (κ1) is 13.1. The number of aromatic nitrogens is 1. The lowest BCUT2D eigenvalue weighted by Crippen LogP contribution is -2.03. The Bertz CT molecular complexity index is 537. The molecule has 94 valence electrons. The summed E-state index contributed by atoms with van der Waals surface area (Å²) in [5, 5.41) is 10.9. The van der Waals surface area contributed by atoms with Crippen LogP contribution in [-0.2, 0) is 6.42 Å². The molecule has 0 bridgehead atoms. The second-order valence-corrected chi connectivity index (χ2v) is 4.96. The summed E-state index contributed by atoms with van der Waals surface area (Å²) in [6, 6.07) is 9.54. The number of halogens is 1. The molecule has 0 spiro atoms. The van der Waals surface area contributed by atoms with Crippen molar-refractivity contribution < 1.29 is 5.11 Å². The molecule has 0 radical (unpaired) electrons. The highest BCUT2D eigenvalue weighted by Crippen LogP contribution is 2.22. The molecule has 0 aliphatic carbocycles. The fraction of sp³-hybridized carbons (Fsp3) is 0.267. The molecule has 0 amide bonds. The van der Waals surface area contributed by atoms with Gasteiger partial charge in [-0.3, -0.25) is 4.98 Å². The van der Waals surface area contributed by atoms with Crippen LogP contribution in [0.3, 0.4) is 0 Å². The first-order valence-electron chi connectivity index (χ1n) is 5.92. The molecular weight excluding hydrogens is 246 g/mol. The van der Waals surface area contributed by atoms with Gasteiger partial charge in [0, 0.05) is 23.3 Å². The SMILES string of the molecule is Cc1ccc(CC(O)c2ccc(Cl)c(C)c2)nc1. The lowest BCUT2D eigenvalue weighted by molar-refractivity contribution is 0.177. The maximum atomic E-state index is 10.2. The Morgan fingerprint density at radius 3 is 2.61 bits per heavy atom. The normalized spacial score (nSPS) is 12.4. The molecule has 1 heterocycles. The summed E-state index contributed by atoms with van der Waals surface area (Å²) in [6.45, 7) is 3.93. The standard InChI is InChI=1S/C15H16ClNO/c1-10-3-5-13(17-9-10)8-15(18)12-4-6-14(16)11(2)7-12/h3-7,9,15,18H,8H2,1-2H3. The number of rotatable bonds is 3. The van der Waals surface area contributed by atoms with Gasteiger partial charge in [0.1, 0.15) is 0 Å². The second kappa shape index (κ2) is 5.51. The lowest BCUT2D eigenvalue weighted by atomic mass is 10.0. The molecule has 1 aromatic heterocycles. The highest BCUT2D eigenvalue weighted by Gasteiger charge is 2.10. The van der Waals surface area contributed by atoms with Crippen LogP contribution in [0.5, 0.6) is 0 Å². The molecule has 2 aromatic rings. The maximum Gasteiger partial charge on any atom is 0.0845 e. The number of nitrogens with zero attached hydrogens (tertiary/aromatic N) is 1. The van der Waals surface area contributed by atoms with E-state index in [2.05, 4.69) is 4.98 Å². The van der Waals surface area contributed by atoms with E-state index in [9.17, 15) is 5.11 Å². The van der Waals surface area contributed by atoms with Crippen LogP contribution >= 0.6 is 11.6 Å². The van der Waals surface area contributed by atoms with Gasteiger partial charge in [-0.1, -0.05) is 29.8 Å². The molecule has 3 heteroatoms. The van der Waals surface area contributed by atoms with E-state index >= 15 is 0 Å². The van der Waals surface area contributed by atoms with Crippen LogP contribution in [0.1, 0.15) is 28.5 Å². The van der Waals surface area contributed by atoms with Gasteiger partial charge in [-0.25, -0.2) is 0 Å². The maximum absolute atomic E-state index is 10.2. The number of aryl methyl sites for hydroxylation is 2. The van der Waals surface area contributed by atoms with Gasteiger partial charge in [0.2, 0.25) is 0 Å². The zero-order valence-corrected chi connectivity index (χ0v) is 11.3. The summed E-state index contributed by atoms with van der Waals surface area (Å²) in [6.07, 6.45) is 1.78. The van der Waals surface area contributed by atoms with Crippen molar-refractivity contribution in [2.24, 2.45) is 0 Å². The van der Waals surface area contributed by atoms with Crippen LogP contribution in [0.2, 0.25) is 5.02 Å². The molecule has 0 fully saturated rings. The summed E-state index contributed by atoms with van der Waals surface area (Å²) in [7, 11) is 0. The fourth-order valence-electron chi connectivity index (χ4n) is 1.81. The predicted molar refractivity (Wildman–Crippen MR) is 73.8 cm³/mol. The van der Waals surface area contributed by atoms with E-state index in [1.54, 1.807) is 0 Å². The highest BCUT2D eigenvalue weighted by atomic mass is 35.5. The van der Waals surface area contributed by atoms with E-state index in [1.165, 1.54) is 0 Å². The van der Waals surface area contributed by atoms with Crippen molar-refractivity contribution in [1.29, 1.82) is 0 Å². The Morgan fingerprint density at radius 2 is 2.00 bits per heavy atom. The number of hydrogen-bond acceptors (Lipinski definition) is 2. The number of pyridine rings is 1. The van der Waals surface area contributed by atoms with Gasteiger partial charge in [0.05, 0.1) is 6.10 Å². The van der Waals surface area contributed by atoms with Crippen molar-refractivity contribution in [1.82, 2.24) is 4.98 Å². The van der Waals surface area contributed by atoms with Crippen molar-refractivity contribution >= 4 is 11.6 Å². The van der Waals surface area contributed by atoms with Gasteiger partial charge in [-0.2, -0.15) is 0 Å². The summed E-state index contributed by atoms with van der Waals surface area (Å²) < 4.78 is 0. The third-order valence-corrected chi connectivity index (χ3v) is 3.37. The molecular formula is C15H16ClNO. The van der Waals surface area contributed by atoms with Crippen LogP contribution in [-0.4, -0.2) is 10.1 Å². The number of hydrogen-bond donors (Lipinski definition) is 1. The molecule has 0 aliphatic heterocycles. The molecule has 2 nitrogen and oxygen atoms in total. The summed E-state index contributed by atoms with van der Waals surface area (Å²) in [4.78, 5) is 4.30. The van der Waals surface area contributed by atoms with Crippen LogP contribution in [0.25, 0.3) is 0 Å². The molecule has 1 aromatic carbocycles. The minimum atomic E-state index is -0.545. The molecule has 2 rings (SSSR count). The van der Waals surface area contributed by atoms with Crippen molar-refractivity contribution in [3.05, 3.63) is 63.9 Å². The average molecular weight is 262 g/mol. The largest absolute Gasteiger partial charge is 0.388 e. The Labute approximate surface area is 112 Å². The summed E-state index contributed by atoms with van der Waals surface area (Å²) in [5.74, 6) is 0. The Balaban J connectivity index is 2.13. The van der Waals surface area contributed by atoms with Gasteiger partial charge in [-0.15, -0.1) is 0 Å². The minimum Gasteiger partial charge on any atom is -0.388 e. The van der Waals surface area contributed by atoms with Crippen LogP contribution in [0.4, 0.5) is 0 Å². The smallest absolute Gasteiger partial charge is 0.0845 e. The van der Waals surface area contributed by atoms with E-state index < -0.39 is 6.10 Å². The van der Waals surface area contributed by atoms with Crippen LogP contribution in [0, 0.1) is 13.8 Å².